The molecule has 2 unspecified atom stereocenters. The van der Waals surface area contributed by atoms with Crippen LogP contribution in [0.15, 0.2) is 30.3 Å². The molecule has 0 radical (unpaired) electrons. The Morgan fingerprint density at radius 3 is 2.53 bits per heavy atom. The van der Waals surface area contributed by atoms with Gasteiger partial charge in [0, 0.05) is 13.2 Å². The van der Waals surface area contributed by atoms with Crippen LogP contribution in [0.1, 0.15) is 44.1 Å². The van der Waals surface area contributed by atoms with Crippen molar-refractivity contribution < 1.29 is 4.74 Å². The molecule has 1 aromatic rings. The van der Waals surface area contributed by atoms with E-state index in [1.807, 2.05) is 18.2 Å². The number of hydrogen-bond acceptors (Lipinski definition) is 1. The second kappa shape index (κ2) is 8.54. The van der Waals surface area contributed by atoms with Crippen LogP contribution >= 0.6 is 11.6 Å². The molecule has 17 heavy (non-hydrogen) atoms. The number of hydrogen-bond donors (Lipinski definition) is 0. The first kappa shape index (κ1) is 14.5. The summed E-state index contributed by atoms with van der Waals surface area (Å²) in [6.07, 6.45) is 3.36. The van der Waals surface area contributed by atoms with Gasteiger partial charge in [-0.1, -0.05) is 50.6 Å². The van der Waals surface area contributed by atoms with Crippen LogP contribution in [-0.4, -0.2) is 13.2 Å². The minimum absolute atomic E-state index is 0.0889. The van der Waals surface area contributed by atoms with Gasteiger partial charge >= 0.3 is 0 Å². The van der Waals surface area contributed by atoms with Gasteiger partial charge in [-0.15, -0.1) is 11.6 Å². The summed E-state index contributed by atoms with van der Waals surface area (Å²) in [7, 11) is 0. The highest BCUT2D eigenvalue weighted by Gasteiger charge is 2.15. The fraction of sp³-hybridized carbons (Fsp3) is 0.600. The van der Waals surface area contributed by atoms with Crippen LogP contribution in [0.3, 0.4) is 0 Å². The Balaban J connectivity index is 2.25. The predicted octanol–water partition coefficient (Wildman–Crippen LogP) is 4.81. The maximum atomic E-state index is 6.44. The van der Waals surface area contributed by atoms with Crippen LogP contribution in [0.5, 0.6) is 0 Å². The van der Waals surface area contributed by atoms with Crippen molar-refractivity contribution in [1.82, 2.24) is 0 Å². The Bertz CT molecular complexity index is 286. The number of halogens is 1. The van der Waals surface area contributed by atoms with Crippen LogP contribution in [-0.2, 0) is 4.74 Å². The summed E-state index contributed by atoms with van der Waals surface area (Å²) in [6, 6.07) is 10.3. The minimum atomic E-state index is 0.0889. The van der Waals surface area contributed by atoms with Crippen LogP contribution in [0.25, 0.3) is 0 Å². The van der Waals surface area contributed by atoms with Crippen molar-refractivity contribution in [2.45, 2.75) is 38.5 Å². The molecule has 2 atom stereocenters. The smallest absolute Gasteiger partial charge is 0.0611 e. The fourth-order valence-electron chi connectivity index (χ4n) is 1.73. The largest absolute Gasteiger partial charge is 0.381 e. The van der Waals surface area contributed by atoms with E-state index >= 15 is 0 Å². The van der Waals surface area contributed by atoms with Gasteiger partial charge in [-0.3, -0.25) is 0 Å². The van der Waals surface area contributed by atoms with Gasteiger partial charge in [-0.05, 0) is 24.3 Å². The molecule has 2 heteroatoms. The lowest BCUT2D eigenvalue weighted by atomic mass is 9.98. The Morgan fingerprint density at radius 1 is 1.18 bits per heavy atom. The molecule has 0 aliphatic rings. The van der Waals surface area contributed by atoms with Crippen molar-refractivity contribution in [3.63, 3.8) is 0 Å². The van der Waals surface area contributed by atoms with Crippen LogP contribution in [0, 0.1) is 5.92 Å². The van der Waals surface area contributed by atoms with E-state index < -0.39 is 0 Å². The van der Waals surface area contributed by atoms with Gasteiger partial charge in [0.05, 0.1) is 5.38 Å². The lowest BCUT2D eigenvalue weighted by molar-refractivity contribution is 0.118. The molecule has 0 spiro atoms. The zero-order valence-corrected chi connectivity index (χ0v) is 11.6. The van der Waals surface area contributed by atoms with Crippen molar-refractivity contribution in [3.8, 4) is 0 Å². The lowest BCUT2D eigenvalue weighted by Gasteiger charge is -2.18. The molecule has 96 valence electrons. The second-order valence-corrected chi connectivity index (χ2v) is 5.01. The highest BCUT2D eigenvalue weighted by molar-refractivity contribution is 6.20. The summed E-state index contributed by atoms with van der Waals surface area (Å²) < 4.78 is 5.57. The molecule has 0 saturated carbocycles. The number of benzene rings is 1. The first-order valence-electron chi connectivity index (χ1n) is 6.52. The van der Waals surface area contributed by atoms with Crippen molar-refractivity contribution in [2.75, 3.05) is 13.2 Å². The molecule has 0 aliphatic heterocycles. The third kappa shape index (κ3) is 5.56. The van der Waals surface area contributed by atoms with E-state index in [1.165, 1.54) is 12.0 Å². The van der Waals surface area contributed by atoms with Gasteiger partial charge in [0.25, 0.3) is 0 Å². The van der Waals surface area contributed by atoms with E-state index in [0.717, 1.165) is 26.1 Å². The van der Waals surface area contributed by atoms with E-state index in [0.29, 0.717) is 5.92 Å². The molecule has 1 aromatic carbocycles. The van der Waals surface area contributed by atoms with Crippen LogP contribution < -0.4 is 0 Å². The predicted molar refractivity (Wildman–Crippen MR) is 74.5 cm³/mol. The van der Waals surface area contributed by atoms with E-state index in [4.69, 9.17) is 16.3 Å². The van der Waals surface area contributed by atoms with Crippen molar-refractivity contribution in [3.05, 3.63) is 35.9 Å². The molecular formula is C15H23ClO. The first-order valence-corrected chi connectivity index (χ1v) is 6.96. The highest BCUT2D eigenvalue weighted by Crippen LogP contribution is 2.30. The zero-order valence-electron chi connectivity index (χ0n) is 10.9. The van der Waals surface area contributed by atoms with Gasteiger partial charge < -0.3 is 4.74 Å². The number of rotatable bonds is 8. The fourth-order valence-corrected chi connectivity index (χ4v) is 2.00. The van der Waals surface area contributed by atoms with Crippen molar-refractivity contribution in [2.24, 2.45) is 5.92 Å². The molecule has 1 rings (SSSR count). The standard InChI is InChI=1S/C15H23ClO/c1-3-4-11-17-12-10-13(2)15(16)14-8-6-5-7-9-14/h5-9,13,15H,3-4,10-12H2,1-2H3. The Kier molecular flexibility index (Phi) is 7.30. The summed E-state index contributed by atoms with van der Waals surface area (Å²) in [5, 5.41) is 0.0889. The quantitative estimate of drug-likeness (QED) is 0.478. The van der Waals surface area contributed by atoms with Gasteiger partial charge in [-0.2, -0.15) is 0 Å². The summed E-state index contributed by atoms with van der Waals surface area (Å²) in [5.74, 6) is 0.445. The normalized spacial score (nSPS) is 14.5. The van der Waals surface area contributed by atoms with Gasteiger partial charge in [-0.25, -0.2) is 0 Å². The van der Waals surface area contributed by atoms with Crippen molar-refractivity contribution in [1.29, 1.82) is 0 Å². The zero-order chi connectivity index (χ0) is 12.5. The van der Waals surface area contributed by atoms with Gasteiger partial charge in [0.1, 0.15) is 0 Å². The molecular weight excluding hydrogens is 232 g/mol. The number of unbranched alkanes of at least 4 members (excludes halogenated alkanes) is 1. The molecule has 0 bridgehead atoms. The third-order valence-corrected chi connectivity index (χ3v) is 3.66. The van der Waals surface area contributed by atoms with E-state index in [1.54, 1.807) is 0 Å². The lowest BCUT2D eigenvalue weighted by Crippen LogP contribution is -2.08. The van der Waals surface area contributed by atoms with Crippen molar-refractivity contribution >= 4 is 11.6 Å². The van der Waals surface area contributed by atoms with E-state index in [2.05, 4.69) is 26.0 Å². The summed E-state index contributed by atoms with van der Waals surface area (Å²) in [6.45, 7) is 6.06. The average Bonchev–Trinajstić information content (AvgIpc) is 2.38. The first-order chi connectivity index (χ1) is 8.25. The Hall–Kier alpha value is -0.530. The average molecular weight is 255 g/mol. The summed E-state index contributed by atoms with van der Waals surface area (Å²) in [4.78, 5) is 0. The number of ether oxygens (including phenoxy) is 1. The molecule has 1 nitrogen and oxygen atoms in total. The Morgan fingerprint density at radius 2 is 1.88 bits per heavy atom. The monoisotopic (exact) mass is 254 g/mol. The third-order valence-electron chi connectivity index (χ3n) is 2.98. The topological polar surface area (TPSA) is 9.23 Å². The Labute approximate surface area is 110 Å². The summed E-state index contributed by atoms with van der Waals surface area (Å²) in [5.41, 5.74) is 1.20. The second-order valence-electron chi connectivity index (χ2n) is 4.54. The molecule has 0 fully saturated rings. The van der Waals surface area contributed by atoms with Crippen LogP contribution in [0.4, 0.5) is 0 Å². The van der Waals surface area contributed by atoms with Gasteiger partial charge in [0.2, 0.25) is 0 Å². The minimum Gasteiger partial charge on any atom is -0.381 e. The summed E-state index contributed by atoms with van der Waals surface area (Å²) >= 11 is 6.44. The molecule has 0 aliphatic carbocycles. The number of alkyl halides is 1. The molecule has 0 amide bonds. The van der Waals surface area contributed by atoms with E-state index in [9.17, 15) is 0 Å². The van der Waals surface area contributed by atoms with Gasteiger partial charge in [0.15, 0.2) is 0 Å². The maximum Gasteiger partial charge on any atom is 0.0611 e. The highest BCUT2D eigenvalue weighted by atomic mass is 35.5. The molecule has 0 saturated heterocycles. The molecule has 0 aromatic heterocycles. The SMILES string of the molecule is CCCCOCCC(C)C(Cl)c1ccccc1. The molecule has 0 heterocycles. The maximum absolute atomic E-state index is 6.44. The van der Waals surface area contributed by atoms with Crippen LogP contribution in [0.2, 0.25) is 0 Å². The van der Waals surface area contributed by atoms with E-state index in [-0.39, 0.29) is 5.38 Å². The molecule has 0 N–H and O–H groups in total.